The van der Waals surface area contributed by atoms with Gasteiger partial charge in [0.1, 0.15) is 0 Å². The van der Waals surface area contributed by atoms with E-state index < -0.39 is 0 Å². The van der Waals surface area contributed by atoms with Crippen molar-refractivity contribution in [3.8, 4) is 11.1 Å². The molecule has 4 rings (SSSR count). The summed E-state index contributed by atoms with van der Waals surface area (Å²) in [6.07, 6.45) is 3.47. The summed E-state index contributed by atoms with van der Waals surface area (Å²) in [5.41, 5.74) is 5.11. The molecule has 4 heteroatoms. The predicted octanol–water partition coefficient (Wildman–Crippen LogP) is 7.63. The average Bonchev–Trinajstić information content (AvgIpc) is 2.72. The Balaban J connectivity index is 1.91. The first-order valence-electron chi connectivity index (χ1n) is 9.16. The van der Waals surface area contributed by atoms with Crippen LogP contribution in [0.3, 0.4) is 0 Å². The third-order valence-corrected chi connectivity index (χ3v) is 5.70. The van der Waals surface area contributed by atoms with Gasteiger partial charge in [-0.05, 0) is 54.5 Å². The molecule has 0 fully saturated rings. The fraction of sp³-hybridized carbons (Fsp3) is 0.0400. The van der Waals surface area contributed by atoms with E-state index in [0.29, 0.717) is 5.56 Å². The van der Waals surface area contributed by atoms with E-state index in [1.54, 1.807) is 6.08 Å². The van der Waals surface area contributed by atoms with Crippen molar-refractivity contribution >= 4 is 54.6 Å². The summed E-state index contributed by atoms with van der Waals surface area (Å²) in [5.74, 6) is -0.0595. The van der Waals surface area contributed by atoms with Gasteiger partial charge in [0.15, 0.2) is 5.78 Å². The predicted molar refractivity (Wildman–Crippen MR) is 127 cm³/mol. The second-order valence-electron chi connectivity index (χ2n) is 6.73. The molecule has 0 atom stereocenters. The van der Waals surface area contributed by atoms with E-state index in [1.165, 1.54) is 0 Å². The van der Waals surface area contributed by atoms with Crippen molar-refractivity contribution in [1.82, 2.24) is 4.98 Å². The van der Waals surface area contributed by atoms with Crippen molar-refractivity contribution in [2.45, 2.75) is 6.92 Å². The number of benzene rings is 3. The number of rotatable bonds is 4. The van der Waals surface area contributed by atoms with Gasteiger partial charge in [-0.15, -0.1) is 0 Å². The summed E-state index contributed by atoms with van der Waals surface area (Å²) >= 11 is 7.02. The van der Waals surface area contributed by atoms with Crippen LogP contribution in [0.1, 0.15) is 21.6 Å². The first-order chi connectivity index (χ1) is 14.0. The Bertz CT molecular complexity index is 1250. The third-order valence-electron chi connectivity index (χ3n) is 4.71. The number of ketones is 1. The average molecular weight is 507 g/mol. The second-order valence-corrected chi connectivity index (χ2v) is 8.56. The van der Waals surface area contributed by atoms with Gasteiger partial charge in [-0.2, -0.15) is 0 Å². The number of aromatic nitrogens is 1. The highest BCUT2D eigenvalue weighted by atomic mass is 79.9. The van der Waals surface area contributed by atoms with Crippen molar-refractivity contribution in [1.29, 1.82) is 0 Å². The van der Waals surface area contributed by atoms with E-state index in [9.17, 15) is 4.79 Å². The van der Waals surface area contributed by atoms with Crippen molar-refractivity contribution in [3.05, 3.63) is 105 Å². The van der Waals surface area contributed by atoms with Crippen molar-refractivity contribution < 1.29 is 4.79 Å². The van der Waals surface area contributed by atoms with Crippen LogP contribution in [0, 0.1) is 6.92 Å². The molecule has 3 aromatic carbocycles. The van der Waals surface area contributed by atoms with Gasteiger partial charge in [-0.3, -0.25) is 9.78 Å². The zero-order chi connectivity index (χ0) is 20.4. The van der Waals surface area contributed by atoms with Gasteiger partial charge < -0.3 is 0 Å². The van der Waals surface area contributed by atoms with Gasteiger partial charge in [0, 0.05) is 25.6 Å². The van der Waals surface area contributed by atoms with Crippen molar-refractivity contribution in [2.75, 3.05) is 0 Å². The molecule has 1 heterocycles. The lowest BCUT2D eigenvalue weighted by molar-refractivity contribution is 0.104. The Morgan fingerprint density at radius 1 is 0.897 bits per heavy atom. The molecule has 0 saturated carbocycles. The van der Waals surface area contributed by atoms with Crippen LogP contribution < -0.4 is 0 Å². The van der Waals surface area contributed by atoms with Crippen LogP contribution >= 0.6 is 31.9 Å². The zero-order valence-electron chi connectivity index (χ0n) is 15.7. The van der Waals surface area contributed by atoms with Crippen molar-refractivity contribution in [3.63, 3.8) is 0 Å². The van der Waals surface area contributed by atoms with Crippen molar-refractivity contribution in [2.24, 2.45) is 0 Å². The smallest absolute Gasteiger partial charge is 0.188 e. The first kappa shape index (κ1) is 19.7. The topological polar surface area (TPSA) is 30.0 Å². The second kappa shape index (κ2) is 8.44. The Hall–Kier alpha value is -2.56. The van der Waals surface area contributed by atoms with Gasteiger partial charge in [0.05, 0.1) is 11.1 Å². The number of carbonyl (C=O) groups is 1. The van der Waals surface area contributed by atoms with Crippen LogP contribution in [0.4, 0.5) is 0 Å². The SMILES string of the molecule is Cc1nc2ccc(Br)cc2c(-c2ccccc2)c1C(=O)/C=C/c1cccc(Br)c1. The number of hydrogen-bond acceptors (Lipinski definition) is 2. The minimum atomic E-state index is -0.0595. The Morgan fingerprint density at radius 3 is 2.41 bits per heavy atom. The quantitative estimate of drug-likeness (QED) is 0.210. The van der Waals surface area contributed by atoms with E-state index in [2.05, 4.69) is 31.9 Å². The molecule has 0 amide bonds. The van der Waals surface area contributed by atoms with Gasteiger partial charge in [-0.25, -0.2) is 0 Å². The molecule has 0 aliphatic heterocycles. The molecule has 0 N–H and O–H groups in total. The third kappa shape index (κ3) is 4.24. The van der Waals surface area contributed by atoms with Crippen LogP contribution in [0.5, 0.6) is 0 Å². The van der Waals surface area contributed by atoms with Gasteiger partial charge in [0.2, 0.25) is 0 Å². The number of carbonyl (C=O) groups excluding carboxylic acids is 1. The maximum atomic E-state index is 13.3. The van der Waals surface area contributed by atoms with Crippen LogP contribution in [0.2, 0.25) is 0 Å². The standard InChI is InChI=1S/C25H17Br2NO/c1-16-24(23(29)13-10-17-6-5-9-19(26)14-17)25(18-7-3-2-4-8-18)21-15-20(27)11-12-22(21)28-16/h2-15H,1H3/b13-10+. The van der Waals surface area contributed by atoms with Gasteiger partial charge in [0.25, 0.3) is 0 Å². The Labute approximate surface area is 186 Å². The molecule has 0 bridgehead atoms. The molecule has 2 nitrogen and oxygen atoms in total. The Kier molecular flexibility index (Phi) is 5.74. The maximum absolute atomic E-state index is 13.3. The molecule has 142 valence electrons. The number of halogens is 2. The number of hydrogen-bond donors (Lipinski definition) is 0. The molecule has 0 saturated heterocycles. The largest absolute Gasteiger partial charge is 0.289 e. The molecule has 0 spiro atoms. The minimum absolute atomic E-state index is 0.0595. The highest BCUT2D eigenvalue weighted by molar-refractivity contribution is 9.10. The van der Waals surface area contributed by atoms with Crippen LogP contribution in [-0.4, -0.2) is 10.8 Å². The summed E-state index contributed by atoms with van der Waals surface area (Å²) in [5, 5.41) is 0.954. The van der Waals surface area contributed by atoms with E-state index in [4.69, 9.17) is 4.98 Å². The maximum Gasteiger partial charge on any atom is 0.188 e. The monoisotopic (exact) mass is 505 g/mol. The molecule has 0 radical (unpaired) electrons. The van der Waals surface area contributed by atoms with E-state index in [0.717, 1.165) is 42.2 Å². The molecule has 0 aliphatic carbocycles. The summed E-state index contributed by atoms with van der Waals surface area (Å²) in [7, 11) is 0. The summed E-state index contributed by atoms with van der Waals surface area (Å²) in [6.45, 7) is 1.90. The molecule has 0 aliphatic rings. The number of pyridine rings is 1. The Morgan fingerprint density at radius 2 is 1.66 bits per heavy atom. The summed E-state index contributed by atoms with van der Waals surface area (Å²) in [4.78, 5) is 18.0. The number of aryl methyl sites for hydroxylation is 1. The fourth-order valence-corrected chi connectivity index (χ4v) is 4.21. The van der Waals surface area contributed by atoms with Crippen LogP contribution in [0.15, 0.2) is 87.8 Å². The lowest BCUT2D eigenvalue weighted by Gasteiger charge is -2.14. The van der Waals surface area contributed by atoms with E-state index in [1.807, 2.05) is 85.8 Å². The number of nitrogens with zero attached hydrogens (tertiary/aromatic N) is 1. The normalized spacial score (nSPS) is 11.3. The van der Waals surface area contributed by atoms with Crippen LogP contribution in [-0.2, 0) is 0 Å². The molecule has 0 unspecified atom stereocenters. The molecule has 4 aromatic rings. The number of allylic oxidation sites excluding steroid dienone is 1. The summed E-state index contributed by atoms with van der Waals surface area (Å²) < 4.78 is 1.93. The minimum Gasteiger partial charge on any atom is -0.289 e. The molecule has 1 aromatic heterocycles. The van der Waals surface area contributed by atoms with Crippen LogP contribution in [0.25, 0.3) is 28.1 Å². The van der Waals surface area contributed by atoms with Gasteiger partial charge in [-0.1, -0.05) is 80.4 Å². The summed E-state index contributed by atoms with van der Waals surface area (Å²) in [6, 6.07) is 23.8. The zero-order valence-corrected chi connectivity index (χ0v) is 18.9. The molecule has 29 heavy (non-hydrogen) atoms. The number of fused-ring (bicyclic) bond motifs is 1. The highest BCUT2D eigenvalue weighted by Gasteiger charge is 2.19. The first-order valence-corrected chi connectivity index (χ1v) is 10.7. The molecular formula is C25H17Br2NO. The lowest BCUT2D eigenvalue weighted by atomic mass is 9.92. The molecular weight excluding hydrogens is 490 g/mol. The highest BCUT2D eigenvalue weighted by Crippen LogP contribution is 2.35. The fourth-order valence-electron chi connectivity index (χ4n) is 3.43. The van der Waals surface area contributed by atoms with E-state index in [-0.39, 0.29) is 5.78 Å². The van der Waals surface area contributed by atoms with Gasteiger partial charge >= 0.3 is 0 Å². The lowest BCUT2D eigenvalue weighted by Crippen LogP contribution is -2.05. The van der Waals surface area contributed by atoms with E-state index >= 15 is 0 Å².